The van der Waals surface area contributed by atoms with E-state index in [1.54, 1.807) is 18.2 Å². The molecule has 0 aromatic heterocycles. The second-order valence-corrected chi connectivity index (χ2v) is 6.51. The molecule has 1 atom stereocenters. The third kappa shape index (κ3) is 3.92. The summed E-state index contributed by atoms with van der Waals surface area (Å²) in [7, 11) is 2.90. The van der Waals surface area contributed by atoms with Crippen molar-refractivity contribution in [1.82, 2.24) is 4.90 Å². The Labute approximate surface area is 158 Å². The Bertz CT molecular complexity index is 745. The zero-order valence-electron chi connectivity index (χ0n) is 14.5. The van der Waals surface area contributed by atoms with E-state index in [2.05, 4.69) is 18.3 Å². The van der Waals surface area contributed by atoms with Crippen LogP contribution < -0.4 is 5.32 Å². The molecule has 134 valence electrons. The van der Waals surface area contributed by atoms with E-state index in [-0.39, 0.29) is 18.4 Å². The maximum atomic E-state index is 12.8. The van der Waals surface area contributed by atoms with Crippen molar-refractivity contribution in [3.05, 3.63) is 63.1 Å². The van der Waals surface area contributed by atoms with Gasteiger partial charge in [-0.1, -0.05) is 41.4 Å². The fraction of sp³-hybridized carbons (Fsp3) is 0.316. The number of nitrogens with one attached hydrogen (secondary N) is 1. The lowest BCUT2D eigenvalue weighted by molar-refractivity contribution is -0.132. The zero-order chi connectivity index (χ0) is 18.6. The molecule has 4 nitrogen and oxygen atoms in total. The van der Waals surface area contributed by atoms with Gasteiger partial charge in [0.2, 0.25) is 5.91 Å². The molecule has 6 heteroatoms. The fourth-order valence-corrected chi connectivity index (χ4v) is 3.67. The van der Waals surface area contributed by atoms with E-state index in [0.717, 1.165) is 12.8 Å². The topological polar surface area (TPSA) is 52.6 Å². The molecule has 3 rings (SSSR count). The number of hydrogen-bond acceptors (Lipinski definition) is 3. The number of amides is 1. The van der Waals surface area contributed by atoms with Crippen LogP contribution in [0.25, 0.3) is 0 Å². The third-order valence-corrected chi connectivity index (χ3v) is 5.15. The number of carbonyl (C=O) groups is 1. The Morgan fingerprint density at radius 1 is 1.20 bits per heavy atom. The molecule has 1 aliphatic heterocycles. The number of fused-ring (bicyclic) bond motifs is 1. The molecule has 1 aliphatic rings. The van der Waals surface area contributed by atoms with E-state index in [1.807, 2.05) is 24.1 Å². The van der Waals surface area contributed by atoms with Gasteiger partial charge in [-0.25, -0.2) is 0 Å². The van der Waals surface area contributed by atoms with Crippen LogP contribution in [0.3, 0.4) is 0 Å². The predicted octanol–water partition coefficient (Wildman–Crippen LogP) is 4.29. The molecule has 2 aromatic carbocycles. The van der Waals surface area contributed by atoms with Gasteiger partial charge in [-0.05, 0) is 41.8 Å². The minimum Gasteiger partial charge on any atom is -0.400 e. The van der Waals surface area contributed by atoms with Gasteiger partial charge in [-0.3, -0.25) is 4.79 Å². The van der Waals surface area contributed by atoms with Gasteiger partial charge in [-0.2, -0.15) is 0 Å². The molecule has 0 saturated heterocycles. The molecule has 0 bridgehead atoms. The summed E-state index contributed by atoms with van der Waals surface area (Å²) in [5.74, 6) is 0.0331. The molecule has 0 fully saturated rings. The Balaban J connectivity index is 0.00000109. The summed E-state index contributed by atoms with van der Waals surface area (Å²) in [6, 6.07) is 11.5. The van der Waals surface area contributed by atoms with E-state index in [4.69, 9.17) is 28.3 Å². The molecule has 0 radical (unpaired) electrons. The maximum absolute atomic E-state index is 12.8. The molecule has 0 spiro atoms. The number of benzene rings is 2. The third-order valence-electron chi connectivity index (χ3n) is 4.44. The van der Waals surface area contributed by atoms with Crippen molar-refractivity contribution in [2.75, 3.05) is 19.5 Å². The Morgan fingerprint density at radius 2 is 1.80 bits per heavy atom. The number of hydrogen-bond donors (Lipinski definition) is 2. The monoisotopic (exact) mass is 380 g/mol. The Morgan fingerprint density at radius 3 is 2.40 bits per heavy atom. The van der Waals surface area contributed by atoms with Crippen LogP contribution in [0.4, 0.5) is 5.69 Å². The first-order valence-corrected chi connectivity index (χ1v) is 8.75. The van der Waals surface area contributed by atoms with E-state index in [1.165, 1.54) is 11.1 Å². The summed E-state index contributed by atoms with van der Waals surface area (Å²) in [4.78, 5) is 14.7. The molecule has 1 heterocycles. The summed E-state index contributed by atoms with van der Waals surface area (Å²) in [5, 5.41) is 11.3. The van der Waals surface area contributed by atoms with Crippen molar-refractivity contribution in [3.8, 4) is 0 Å². The Kier molecular flexibility index (Phi) is 6.71. The van der Waals surface area contributed by atoms with Crippen LogP contribution in [-0.2, 0) is 17.8 Å². The highest BCUT2D eigenvalue weighted by Gasteiger charge is 2.32. The molecule has 1 amide bonds. The normalized spacial score (nSPS) is 15.3. The number of rotatable bonds is 3. The summed E-state index contributed by atoms with van der Waals surface area (Å²) in [6.45, 7) is 2.66. The van der Waals surface area contributed by atoms with Gasteiger partial charge in [0.1, 0.15) is 0 Å². The fourth-order valence-electron chi connectivity index (χ4n) is 3.14. The van der Waals surface area contributed by atoms with E-state index < -0.39 is 0 Å². The lowest BCUT2D eigenvalue weighted by Gasteiger charge is -2.22. The van der Waals surface area contributed by atoms with Crippen LogP contribution in [0.15, 0.2) is 36.4 Å². The van der Waals surface area contributed by atoms with Crippen LogP contribution in [0.2, 0.25) is 10.0 Å². The van der Waals surface area contributed by atoms with Gasteiger partial charge in [0.25, 0.3) is 0 Å². The van der Waals surface area contributed by atoms with Crippen molar-refractivity contribution in [3.63, 3.8) is 0 Å². The summed E-state index contributed by atoms with van der Waals surface area (Å²) >= 11 is 12.4. The van der Waals surface area contributed by atoms with Crippen LogP contribution in [0, 0.1) is 0 Å². The molecule has 0 aliphatic carbocycles. The molecule has 2 N–H and O–H groups in total. The second kappa shape index (κ2) is 8.56. The predicted molar refractivity (Wildman–Crippen MR) is 103 cm³/mol. The molecular formula is C19H22Cl2N2O2. The minimum absolute atomic E-state index is 0.0331. The Hall–Kier alpha value is -1.75. The van der Waals surface area contributed by atoms with E-state index in [0.29, 0.717) is 22.2 Å². The molecule has 2 aromatic rings. The zero-order valence-corrected chi connectivity index (χ0v) is 16.0. The van der Waals surface area contributed by atoms with Crippen molar-refractivity contribution >= 4 is 34.8 Å². The van der Waals surface area contributed by atoms with Gasteiger partial charge in [-0.15, -0.1) is 0 Å². The summed E-state index contributed by atoms with van der Waals surface area (Å²) in [6.07, 6.45) is 0.214. The number of carbonyl (C=O) groups excluding carboxylic acids is 1. The SMILES string of the molecule is CNc1cccc2c1CN(C(=O)Cc1c(Cl)cccc1Cl)C2C.CO. The summed E-state index contributed by atoms with van der Waals surface area (Å²) < 4.78 is 0. The van der Waals surface area contributed by atoms with Crippen molar-refractivity contribution in [2.24, 2.45) is 0 Å². The first-order valence-electron chi connectivity index (χ1n) is 7.99. The highest BCUT2D eigenvalue weighted by molar-refractivity contribution is 6.36. The highest BCUT2D eigenvalue weighted by atomic mass is 35.5. The van der Waals surface area contributed by atoms with Crippen LogP contribution in [-0.4, -0.2) is 30.1 Å². The lowest BCUT2D eigenvalue weighted by atomic mass is 10.0. The van der Waals surface area contributed by atoms with E-state index in [9.17, 15) is 4.79 Å². The minimum atomic E-state index is 0.0331. The molecule has 1 unspecified atom stereocenters. The highest BCUT2D eigenvalue weighted by Crippen LogP contribution is 2.38. The second-order valence-electron chi connectivity index (χ2n) is 5.70. The van der Waals surface area contributed by atoms with Gasteiger partial charge in [0.15, 0.2) is 0 Å². The average Bonchev–Trinajstić information content (AvgIpc) is 2.97. The smallest absolute Gasteiger partial charge is 0.227 e. The average molecular weight is 381 g/mol. The number of aliphatic hydroxyl groups is 1. The van der Waals surface area contributed by atoms with Gasteiger partial charge < -0.3 is 15.3 Å². The first kappa shape index (κ1) is 19.6. The van der Waals surface area contributed by atoms with Crippen LogP contribution in [0.5, 0.6) is 0 Å². The molecule has 0 saturated carbocycles. The maximum Gasteiger partial charge on any atom is 0.227 e. The van der Waals surface area contributed by atoms with Gasteiger partial charge in [0, 0.05) is 36.4 Å². The number of anilines is 1. The number of nitrogens with zero attached hydrogens (tertiary/aromatic N) is 1. The van der Waals surface area contributed by atoms with Gasteiger partial charge in [0.05, 0.1) is 12.5 Å². The number of halogens is 2. The lowest BCUT2D eigenvalue weighted by Crippen LogP contribution is -2.29. The quantitative estimate of drug-likeness (QED) is 0.834. The van der Waals surface area contributed by atoms with Crippen LogP contribution >= 0.6 is 23.2 Å². The summed E-state index contributed by atoms with van der Waals surface area (Å²) in [5.41, 5.74) is 4.13. The van der Waals surface area contributed by atoms with Gasteiger partial charge >= 0.3 is 0 Å². The molecular weight excluding hydrogens is 359 g/mol. The van der Waals surface area contributed by atoms with Crippen molar-refractivity contribution in [2.45, 2.75) is 25.9 Å². The van der Waals surface area contributed by atoms with Crippen molar-refractivity contribution < 1.29 is 9.90 Å². The standard InChI is InChI=1S/C18H18Cl2N2O.CH4O/c1-11-12-5-3-8-17(21-2)14(12)10-22(11)18(23)9-13-15(19)6-4-7-16(13)20;1-2/h3-8,11,21H,9-10H2,1-2H3;2H,1H3. The van der Waals surface area contributed by atoms with E-state index >= 15 is 0 Å². The number of aliphatic hydroxyl groups excluding tert-OH is 1. The largest absolute Gasteiger partial charge is 0.400 e. The first-order chi connectivity index (χ1) is 12.0. The van der Waals surface area contributed by atoms with Crippen molar-refractivity contribution in [1.29, 1.82) is 0 Å². The van der Waals surface area contributed by atoms with Crippen LogP contribution in [0.1, 0.15) is 29.7 Å². The molecule has 25 heavy (non-hydrogen) atoms.